The fourth-order valence-corrected chi connectivity index (χ4v) is 3.01. The summed E-state index contributed by atoms with van der Waals surface area (Å²) < 4.78 is 0. The molecule has 1 unspecified atom stereocenters. The molecular weight excluding hydrogens is 276 g/mol. The number of benzene rings is 1. The van der Waals surface area contributed by atoms with Crippen LogP contribution in [-0.4, -0.2) is 54.0 Å². The van der Waals surface area contributed by atoms with Gasteiger partial charge >= 0.3 is 0 Å². The normalized spacial score (nSPS) is 21.1. The third-order valence-corrected chi connectivity index (χ3v) is 4.60. The van der Waals surface area contributed by atoms with Gasteiger partial charge in [0, 0.05) is 37.9 Å². The van der Waals surface area contributed by atoms with E-state index in [0.717, 1.165) is 32.2 Å². The van der Waals surface area contributed by atoms with Crippen LogP contribution in [-0.2, 0) is 4.79 Å². The van der Waals surface area contributed by atoms with Gasteiger partial charge in [-0.25, -0.2) is 0 Å². The van der Waals surface area contributed by atoms with Gasteiger partial charge in [0.15, 0.2) is 0 Å². The van der Waals surface area contributed by atoms with Crippen molar-refractivity contribution in [3.63, 3.8) is 0 Å². The summed E-state index contributed by atoms with van der Waals surface area (Å²) in [5, 5.41) is 11.8. The van der Waals surface area contributed by atoms with Gasteiger partial charge in [0.2, 0.25) is 5.91 Å². The highest BCUT2D eigenvalue weighted by molar-refractivity contribution is 5.94. The molecule has 2 fully saturated rings. The summed E-state index contributed by atoms with van der Waals surface area (Å²) in [5.41, 5.74) is 1.25. The summed E-state index contributed by atoms with van der Waals surface area (Å²) in [6, 6.07) is 9.78. The van der Waals surface area contributed by atoms with E-state index in [9.17, 15) is 4.79 Å². The molecular formula is C17H22N4O. The molecule has 1 atom stereocenters. The Kier molecular flexibility index (Phi) is 4.41. The summed E-state index contributed by atoms with van der Waals surface area (Å²) >= 11 is 0. The van der Waals surface area contributed by atoms with Crippen LogP contribution in [0.5, 0.6) is 0 Å². The van der Waals surface area contributed by atoms with Crippen LogP contribution in [0.2, 0.25) is 0 Å². The highest BCUT2D eigenvalue weighted by Gasteiger charge is 2.33. The molecule has 1 heterocycles. The molecule has 0 aromatic heterocycles. The summed E-state index contributed by atoms with van der Waals surface area (Å²) in [7, 11) is 0. The molecule has 22 heavy (non-hydrogen) atoms. The van der Waals surface area contributed by atoms with Crippen LogP contribution in [0.4, 0.5) is 5.69 Å². The van der Waals surface area contributed by atoms with Crippen LogP contribution in [0.3, 0.4) is 0 Å². The maximum absolute atomic E-state index is 12.4. The van der Waals surface area contributed by atoms with Crippen LogP contribution in [0.1, 0.15) is 25.3 Å². The second-order valence-corrected chi connectivity index (χ2v) is 6.16. The van der Waals surface area contributed by atoms with E-state index in [2.05, 4.69) is 21.2 Å². The lowest BCUT2D eigenvalue weighted by molar-refractivity contribution is -0.121. The molecule has 5 heteroatoms. The topological polar surface area (TPSA) is 59.4 Å². The SMILES string of the molecule is CC(C(=O)Nc1cccc(C#N)c1)N1CCN(C2CC2)CC1. The molecule has 1 aliphatic carbocycles. The number of carbonyl (C=O) groups is 1. The number of piperazine rings is 1. The molecule has 5 nitrogen and oxygen atoms in total. The molecule has 2 aliphatic rings. The van der Waals surface area contributed by atoms with E-state index >= 15 is 0 Å². The van der Waals surface area contributed by atoms with Crippen molar-refractivity contribution in [1.29, 1.82) is 5.26 Å². The lowest BCUT2D eigenvalue weighted by atomic mass is 10.2. The third kappa shape index (κ3) is 3.46. The molecule has 1 N–H and O–H groups in total. The highest BCUT2D eigenvalue weighted by atomic mass is 16.2. The minimum absolute atomic E-state index is 0.00467. The standard InChI is InChI=1S/C17H22N4O/c1-13(20-7-9-21(10-8-20)16-5-6-16)17(22)19-15-4-2-3-14(11-15)12-18/h2-4,11,13,16H,5-10H2,1H3,(H,19,22). The van der Waals surface area contributed by atoms with E-state index < -0.39 is 0 Å². The molecule has 1 aromatic carbocycles. The van der Waals surface area contributed by atoms with Crippen molar-refractivity contribution in [3.05, 3.63) is 29.8 Å². The van der Waals surface area contributed by atoms with Crippen LogP contribution >= 0.6 is 0 Å². The number of nitriles is 1. The number of hydrogen-bond acceptors (Lipinski definition) is 4. The molecule has 1 aliphatic heterocycles. The Morgan fingerprint density at radius 2 is 2.05 bits per heavy atom. The molecule has 1 amide bonds. The smallest absolute Gasteiger partial charge is 0.241 e. The Morgan fingerprint density at radius 1 is 1.32 bits per heavy atom. The Bertz CT molecular complexity index is 583. The van der Waals surface area contributed by atoms with Crippen LogP contribution in [0, 0.1) is 11.3 Å². The fraction of sp³-hybridized carbons (Fsp3) is 0.529. The molecule has 1 aromatic rings. The van der Waals surface area contributed by atoms with Crippen molar-refractivity contribution in [1.82, 2.24) is 9.80 Å². The molecule has 0 radical (unpaired) electrons. The average Bonchev–Trinajstić information content (AvgIpc) is 3.39. The first-order valence-electron chi connectivity index (χ1n) is 7.96. The number of nitrogens with zero attached hydrogens (tertiary/aromatic N) is 3. The summed E-state index contributed by atoms with van der Waals surface area (Å²) in [6.07, 6.45) is 2.68. The van der Waals surface area contributed by atoms with Gasteiger partial charge in [0.25, 0.3) is 0 Å². The summed E-state index contributed by atoms with van der Waals surface area (Å²) in [6.45, 7) is 5.97. The van der Waals surface area contributed by atoms with Gasteiger partial charge in [0.05, 0.1) is 17.7 Å². The van der Waals surface area contributed by atoms with Crippen LogP contribution in [0.25, 0.3) is 0 Å². The molecule has 0 spiro atoms. The quantitative estimate of drug-likeness (QED) is 0.918. The Hall–Kier alpha value is -1.90. The second kappa shape index (κ2) is 6.47. The van der Waals surface area contributed by atoms with Crippen LogP contribution in [0.15, 0.2) is 24.3 Å². The van der Waals surface area contributed by atoms with Crippen molar-refractivity contribution in [2.45, 2.75) is 31.8 Å². The molecule has 116 valence electrons. The van der Waals surface area contributed by atoms with Gasteiger partial charge in [-0.1, -0.05) is 6.07 Å². The fourth-order valence-electron chi connectivity index (χ4n) is 3.01. The van der Waals surface area contributed by atoms with Gasteiger partial charge in [-0.15, -0.1) is 0 Å². The monoisotopic (exact) mass is 298 g/mol. The van der Waals surface area contributed by atoms with Crippen molar-refractivity contribution in [2.24, 2.45) is 0 Å². The van der Waals surface area contributed by atoms with E-state index in [1.807, 2.05) is 13.0 Å². The zero-order valence-electron chi connectivity index (χ0n) is 13.0. The van der Waals surface area contributed by atoms with Gasteiger partial charge in [-0.2, -0.15) is 5.26 Å². The van der Waals surface area contributed by atoms with Crippen molar-refractivity contribution in [2.75, 3.05) is 31.5 Å². The Morgan fingerprint density at radius 3 is 2.68 bits per heavy atom. The van der Waals surface area contributed by atoms with Gasteiger partial charge in [-0.3, -0.25) is 14.6 Å². The Labute approximate surface area is 131 Å². The molecule has 3 rings (SSSR count). The lowest BCUT2D eigenvalue weighted by Gasteiger charge is -2.37. The van der Waals surface area contributed by atoms with Crippen molar-refractivity contribution < 1.29 is 4.79 Å². The number of carbonyl (C=O) groups excluding carboxylic acids is 1. The lowest BCUT2D eigenvalue weighted by Crippen LogP contribution is -2.53. The second-order valence-electron chi connectivity index (χ2n) is 6.16. The van der Waals surface area contributed by atoms with Crippen molar-refractivity contribution >= 4 is 11.6 Å². The predicted molar refractivity (Wildman–Crippen MR) is 85.4 cm³/mol. The zero-order valence-corrected chi connectivity index (χ0v) is 13.0. The number of amides is 1. The average molecular weight is 298 g/mol. The van der Waals surface area contributed by atoms with E-state index in [1.165, 1.54) is 12.8 Å². The minimum Gasteiger partial charge on any atom is -0.325 e. The first-order valence-corrected chi connectivity index (χ1v) is 7.96. The highest BCUT2D eigenvalue weighted by Crippen LogP contribution is 2.27. The first-order chi connectivity index (χ1) is 10.7. The van der Waals surface area contributed by atoms with Crippen LogP contribution < -0.4 is 5.32 Å². The first kappa shape index (κ1) is 15.0. The number of hydrogen-bond donors (Lipinski definition) is 1. The molecule has 1 saturated heterocycles. The van der Waals surface area contributed by atoms with E-state index in [-0.39, 0.29) is 11.9 Å². The largest absolute Gasteiger partial charge is 0.325 e. The zero-order chi connectivity index (χ0) is 15.5. The number of rotatable bonds is 4. The van der Waals surface area contributed by atoms with Gasteiger partial charge in [0.1, 0.15) is 0 Å². The predicted octanol–water partition coefficient (Wildman–Crippen LogP) is 1.67. The minimum atomic E-state index is -0.146. The summed E-state index contributed by atoms with van der Waals surface area (Å²) in [5.74, 6) is -0.00467. The van der Waals surface area contributed by atoms with Gasteiger partial charge in [-0.05, 0) is 38.0 Å². The van der Waals surface area contributed by atoms with Crippen molar-refractivity contribution in [3.8, 4) is 6.07 Å². The summed E-state index contributed by atoms with van der Waals surface area (Å²) in [4.78, 5) is 17.2. The van der Waals surface area contributed by atoms with Gasteiger partial charge < -0.3 is 5.32 Å². The maximum atomic E-state index is 12.4. The molecule has 0 bridgehead atoms. The Balaban J connectivity index is 1.54. The molecule has 1 saturated carbocycles. The van der Waals surface area contributed by atoms with E-state index in [0.29, 0.717) is 11.3 Å². The third-order valence-electron chi connectivity index (χ3n) is 4.60. The van der Waals surface area contributed by atoms with E-state index in [4.69, 9.17) is 5.26 Å². The number of nitrogens with one attached hydrogen (secondary N) is 1. The van der Waals surface area contributed by atoms with E-state index in [1.54, 1.807) is 18.2 Å². The maximum Gasteiger partial charge on any atom is 0.241 e. The number of anilines is 1.